The van der Waals surface area contributed by atoms with Crippen molar-refractivity contribution in [2.24, 2.45) is 0 Å². The number of hydrogen-bond acceptors (Lipinski definition) is 3. The molecule has 0 fully saturated rings. The Morgan fingerprint density at radius 2 is 2.20 bits per heavy atom. The van der Waals surface area contributed by atoms with E-state index in [4.69, 9.17) is 0 Å². The first-order valence-corrected chi connectivity index (χ1v) is 6.82. The summed E-state index contributed by atoms with van der Waals surface area (Å²) in [6.45, 7) is 0. The van der Waals surface area contributed by atoms with Crippen LogP contribution in [0.2, 0.25) is 0 Å². The summed E-state index contributed by atoms with van der Waals surface area (Å²) < 4.78 is 43.3. The van der Waals surface area contributed by atoms with Gasteiger partial charge in [-0.25, -0.2) is 0 Å². The lowest BCUT2D eigenvalue weighted by Crippen LogP contribution is -2.39. The average molecular weight is 352 g/mol. The van der Waals surface area contributed by atoms with Gasteiger partial charge >= 0.3 is 12.1 Å². The number of anilines is 1. The van der Waals surface area contributed by atoms with Crippen molar-refractivity contribution in [1.82, 2.24) is 0 Å². The fraction of sp³-hybridized carbons (Fsp3) is 0.462. The van der Waals surface area contributed by atoms with Crippen molar-refractivity contribution < 1.29 is 22.7 Å². The van der Waals surface area contributed by atoms with E-state index >= 15 is 0 Å². The fourth-order valence-electron chi connectivity index (χ4n) is 2.22. The van der Waals surface area contributed by atoms with Crippen molar-refractivity contribution in [3.8, 4) is 0 Å². The number of rotatable bonds is 2. The summed E-state index contributed by atoms with van der Waals surface area (Å²) in [7, 11) is 1.30. The van der Waals surface area contributed by atoms with Crippen LogP contribution >= 0.6 is 15.9 Å². The Balaban J connectivity index is 2.25. The van der Waals surface area contributed by atoms with Crippen molar-refractivity contribution in [3.63, 3.8) is 0 Å². The fourth-order valence-corrected chi connectivity index (χ4v) is 2.88. The van der Waals surface area contributed by atoms with Gasteiger partial charge in [-0.2, -0.15) is 13.2 Å². The van der Waals surface area contributed by atoms with E-state index in [1.165, 1.54) is 7.11 Å². The van der Waals surface area contributed by atoms with Gasteiger partial charge in [-0.3, -0.25) is 4.79 Å². The molecular formula is C13H13BrF3NO2. The third-order valence-corrected chi connectivity index (χ3v) is 3.85. The SMILES string of the molecule is COC(=O)Cc1cc(Br)c2c(c1)CCC(C(F)(F)F)N2. The molecule has 0 saturated heterocycles. The lowest BCUT2D eigenvalue weighted by Gasteiger charge is -2.29. The van der Waals surface area contributed by atoms with Crippen molar-refractivity contribution in [1.29, 1.82) is 0 Å². The number of ether oxygens (including phenoxy) is 1. The van der Waals surface area contributed by atoms with E-state index in [2.05, 4.69) is 26.0 Å². The molecule has 0 radical (unpaired) electrons. The predicted octanol–water partition coefficient (Wildman–Crippen LogP) is 3.45. The summed E-state index contributed by atoms with van der Waals surface area (Å²) in [4.78, 5) is 11.2. The van der Waals surface area contributed by atoms with Crippen LogP contribution in [0.15, 0.2) is 16.6 Å². The molecule has 0 bridgehead atoms. The molecule has 0 saturated carbocycles. The monoisotopic (exact) mass is 351 g/mol. The van der Waals surface area contributed by atoms with Gasteiger partial charge in [0.15, 0.2) is 0 Å². The van der Waals surface area contributed by atoms with Crippen LogP contribution in [-0.4, -0.2) is 25.3 Å². The number of aryl methyl sites for hydroxylation is 1. The minimum absolute atomic E-state index is 0.00931. The quantitative estimate of drug-likeness (QED) is 0.829. The minimum Gasteiger partial charge on any atom is -0.469 e. The number of esters is 1. The molecule has 0 aromatic heterocycles. The number of benzene rings is 1. The molecule has 20 heavy (non-hydrogen) atoms. The number of carbonyl (C=O) groups is 1. The first-order valence-electron chi connectivity index (χ1n) is 6.02. The lowest BCUT2D eigenvalue weighted by atomic mass is 9.95. The average Bonchev–Trinajstić information content (AvgIpc) is 2.37. The molecule has 1 heterocycles. The summed E-state index contributed by atoms with van der Waals surface area (Å²) in [5, 5.41) is 2.51. The van der Waals surface area contributed by atoms with Crippen LogP contribution in [0.5, 0.6) is 0 Å². The van der Waals surface area contributed by atoms with Crippen LogP contribution < -0.4 is 5.32 Å². The van der Waals surface area contributed by atoms with Gasteiger partial charge in [0.1, 0.15) is 6.04 Å². The number of halogens is 4. The minimum atomic E-state index is -4.26. The number of carbonyl (C=O) groups excluding carboxylic acids is 1. The molecule has 2 rings (SSSR count). The zero-order valence-corrected chi connectivity index (χ0v) is 12.3. The van der Waals surface area contributed by atoms with Gasteiger partial charge in [0.25, 0.3) is 0 Å². The Labute approximate surface area is 122 Å². The third kappa shape index (κ3) is 3.26. The second kappa shape index (κ2) is 5.63. The molecule has 0 spiro atoms. The molecule has 0 aliphatic carbocycles. The molecule has 1 aliphatic heterocycles. The Hall–Kier alpha value is -1.24. The Kier molecular flexibility index (Phi) is 4.27. The van der Waals surface area contributed by atoms with Crippen molar-refractivity contribution in [2.75, 3.05) is 12.4 Å². The van der Waals surface area contributed by atoms with Gasteiger partial charge in [-0.15, -0.1) is 0 Å². The van der Waals surface area contributed by atoms with Gasteiger partial charge in [-0.05, 0) is 46.0 Å². The molecule has 110 valence electrons. The summed E-state index contributed by atoms with van der Waals surface area (Å²) in [5.41, 5.74) is 1.95. The van der Waals surface area contributed by atoms with Gasteiger partial charge in [0.2, 0.25) is 0 Å². The maximum Gasteiger partial charge on any atom is 0.408 e. The van der Waals surface area contributed by atoms with Gasteiger partial charge in [-0.1, -0.05) is 6.07 Å². The number of nitrogens with one attached hydrogen (secondary N) is 1. The van der Waals surface area contributed by atoms with E-state index in [9.17, 15) is 18.0 Å². The second-order valence-corrected chi connectivity index (χ2v) is 5.50. The third-order valence-electron chi connectivity index (χ3n) is 3.22. The molecule has 1 N–H and O–H groups in total. The van der Waals surface area contributed by atoms with E-state index in [1.54, 1.807) is 12.1 Å². The highest BCUT2D eigenvalue weighted by Gasteiger charge is 2.41. The maximum atomic E-state index is 12.7. The number of alkyl halides is 3. The maximum absolute atomic E-state index is 12.7. The molecule has 1 aliphatic rings. The zero-order chi connectivity index (χ0) is 14.9. The van der Waals surface area contributed by atoms with E-state index in [0.29, 0.717) is 16.6 Å². The van der Waals surface area contributed by atoms with Crippen LogP contribution in [0.3, 0.4) is 0 Å². The van der Waals surface area contributed by atoms with Gasteiger partial charge in [0, 0.05) is 4.47 Å². The predicted molar refractivity (Wildman–Crippen MR) is 71.6 cm³/mol. The highest BCUT2D eigenvalue weighted by molar-refractivity contribution is 9.10. The topological polar surface area (TPSA) is 38.3 Å². The first-order chi connectivity index (χ1) is 9.31. The van der Waals surface area contributed by atoms with Crippen molar-refractivity contribution in [2.45, 2.75) is 31.5 Å². The number of methoxy groups -OCH3 is 1. The van der Waals surface area contributed by atoms with E-state index < -0.39 is 12.2 Å². The molecule has 0 amide bonds. The van der Waals surface area contributed by atoms with Gasteiger partial charge < -0.3 is 10.1 Å². The standard InChI is InChI=1S/C13H13BrF3NO2/c1-20-11(19)6-7-4-8-2-3-10(13(15,16)17)18-12(8)9(14)5-7/h4-5,10,18H,2-3,6H2,1H3. The molecule has 1 aromatic rings. The summed E-state index contributed by atoms with van der Waals surface area (Å²) in [6, 6.07) is 1.86. The molecule has 1 unspecified atom stereocenters. The highest BCUT2D eigenvalue weighted by atomic mass is 79.9. The van der Waals surface area contributed by atoms with E-state index in [-0.39, 0.29) is 18.8 Å². The smallest absolute Gasteiger partial charge is 0.408 e. The summed E-state index contributed by atoms with van der Waals surface area (Å²) >= 11 is 3.26. The number of hydrogen-bond donors (Lipinski definition) is 1. The zero-order valence-electron chi connectivity index (χ0n) is 10.7. The molecule has 3 nitrogen and oxygen atoms in total. The van der Waals surface area contributed by atoms with Crippen LogP contribution in [0.1, 0.15) is 17.5 Å². The Morgan fingerprint density at radius 1 is 1.50 bits per heavy atom. The van der Waals surface area contributed by atoms with E-state index in [1.807, 2.05) is 0 Å². The Morgan fingerprint density at radius 3 is 2.80 bits per heavy atom. The first kappa shape index (κ1) is 15.2. The van der Waals surface area contributed by atoms with Crippen LogP contribution in [-0.2, 0) is 22.4 Å². The lowest BCUT2D eigenvalue weighted by molar-refractivity contribution is -0.144. The van der Waals surface area contributed by atoms with Crippen LogP contribution in [0, 0.1) is 0 Å². The van der Waals surface area contributed by atoms with Crippen LogP contribution in [0.25, 0.3) is 0 Å². The van der Waals surface area contributed by atoms with Crippen LogP contribution in [0.4, 0.5) is 18.9 Å². The Bertz CT molecular complexity index is 531. The normalized spacial score (nSPS) is 18.1. The largest absolute Gasteiger partial charge is 0.469 e. The summed E-state index contributed by atoms with van der Waals surface area (Å²) in [5.74, 6) is -0.381. The van der Waals surface area contributed by atoms with Crippen molar-refractivity contribution >= 4 is 27.6 Å². The van der Waals surface area contributed by atoms with Crippen molar-refractivity contribution in [3.05, 3.63) is 27.7 Å². The summed E-state index contributed by atoms with van der Waals surface area (Å²) in [6.07, 6.45) is -3.85. The van der Waals surface area contributed by atoms with Gasteiger partial charge in [0.05, 0.1) is 19.2 Å². The molecule has 1 aromatic carbocycles. The molecule has 7 heteroatoms. The highest BCUT2D eigenvalue weighted by Crippen LogP contribution is 2.38. The van der Waals surface area contributed by atoms with E-state index in [0.717, 1.165) is 11.1 Å². The molecule has 1 atom stereocenters. The molecular weight excluding hydrogens is 339 g/mol. The number of fused-ring (bicyclic) bond motifs is 1. The second-order valence-electron chi connectivity index (χ2n) is 4.64.